The lowest BCUT2D eigenvalue weighted by Crippen LogP contribution is -2.33. The summed E-state index contributed by atoms with van der Waals surface area (Å²) in [6.45, 7) is 37.4. The summed E-state index contributed by atoms with van der Waals surface area (Å²) in [5.74, 6) is -0.0736. The first-order valence-electron chi connectivity index (χ1n) is 19.8. The topological polar surface area (TPSA) is 118 Å². The van der Waals surface area contributed by atoms with Crippen LogP contribution in [0.15, 0.2) is 18.3 Å². The second-order valence-corrected chi connectivity index (χ2v) is 17.3. The van der Waals surface area contributed by atoms with Gasteiger partial charge in [0.1, 0.15) is 13.2 Å². The molecule has 1 aromatic heterocycles. The van der Waals surface area contributed by atoms with Crippen LogP contribution < -0.4 is 16.0 Å². The van der Waals surface area contributed by atoms with Gasteiger partial charge in [0.25, 0.3) is 23.0 Å². The number of thiocarbonyl (C=S) groups is 1. The van der Waals surface area contributed by atoms with E-state index in [1.165, 1.54) is 0 Å². The molecular formula is C39H72N8O5P2S. The zero-order valence-electron chi connectivity index (χ0n) is 35.4. The monoisotopic (exact) mass is 826 g/mol. The molecule has 55 heavy (non-hydrogen) atoms. The Balaban J connectivity index is 0.00000108. The molecule has 0 saturated carbocycles. The Morgan fingerprint density at radius 2 is 1.13 bits per heavy atom. The highest BCUT2D eigenvalue weighted by molar-refractivity contribution is 7.80. The minimum atomic E-state index is -1.15. The van der Waals surface area contributed by atoms with E-state index in [0.29, 0.717) is 80.9 Å². The second-order valence-electron chi connectivity index (χ2n) is 14.0. The third kappa shape index (κ3) is 26.5. The highest BCUT2D eigenvalue weighted by Gasteiger charge is 2.28. The van der Waals surface area contributed by atoms with Crippen LogP contribution in [0, 0.1) is 20.1 Å². The van der Waals surface area contributed by atoms with Crippen LogP contribution in [0.4, 0.5) is 0 Å². The summed E-state index contributed by atoms with van der Waals surface area (Å²) in [6.07, 6.45) is 9.96. The molecule has 0 aliphatic carbocycles. The Labute approximate surface area is 342 Å². The van der Waals surface area contributed by atoms with Gasteiger partial charge < -0.3 is 43.7 Å². The van der Waals surface area contributed by atoms with Gasteiger partial charge in [0.15, 0.2) is 5.11 Å². The Kier molecular flexibility index (Phi) is 32.7. The summed E-state index contributed by atoms with van der Waals surface area (Å²) in [5, 5.41) is 9.70. The minimum absolute atomic E-state index is 0.0736. The highest BCUT2D eigenvalue weighted by atomic mass is 32.1. The number of nitrogens with zero attached hydrogens (tertiary/aromatic N) is 5. The van der Waals surface area contributed by atoms with Crippen LogP contribution in [0.3, 0.4) is 0 Å². The van der Waals surface area contributed by atoms with E-state index in [1.807, 2.05) is 20.0 Å². The molecule has 3 N–H and O–H groups in total. The summed E-state index contributed by atoms with van der Waals surface area (Å²) in [5.41, 5.74) is 1.50. The number of hydrogen-bond donors (Lipinski definition) is 3. The third-order valence-electron chi connectivity index (χ3n) is 7.82. The molecule has 1 rings (SSSR count). The summed E-state index contributed by atoms with van der Waals surface area (Å²) in [7, 11) is -0.431. The fourth-order valence-corrected chi connectivity index (χ4v) is 8.60. The summed E-state index contributed by atoms with van der Waals surface area (Å²) >= 11 is 5.04. The molecule has 13 nitrogen and oxygen atoms in total. The van der Waals surface area contributed by atoms with Gasteiger partial charge in [0, 0.05) is 56.2 Å². The fraction of sp³-hybridized carbons (Fsp3) is 0.769. The number of pyridine rings is 1. The van der Waals surface area contributed by atoms with Crippen LogP contribution in [0.1, 0.15) is 123 Å². The maximum absolute atomic E-state index is 12.0. The maximum atomic E-state index is 12.0. The molecule has 1 amide bonds. The van der Waals surface area contributed by atoms with Crippen molar-refractivity contribution in [2.45, 2.75) is 138 Å². The molecule has 0 aromatic carbocycles. The van der Waals surface area contributed by atoms with Crippen LogP contribution in [0.5, 0.6) is 0 Å². The Hall–Kier alpha value is -2.09. The summed E-state index contributed by atoms with van der Waals surface area (Å²) < 4.78 is 28.4. The SMILES string of the molecule is [C-]#[N+]CCOP(OCCCCCCNC(=O)c1ccc(C)nc1)N(C(C)C)C(C)C.[C-]#[N+]CCOP(OCCCCCCNC(=S)NC)N(C(C)C)C(C)C. The van der Waals surface area contributed by atoms with Crippen molar-refractivity contribution in [2.24, 2.45) is 0 Å². The Morgan fingerprint density at radius 3 is 1.51 bits per heavy atom. The number of unbranched alkanes of at least 4 members (excludes halogenated alkanes) is 6. The van der Waals surface area contributed by atoms with Crippen molar-refractivity contribution in [3.05, 3.63) is 52.4 Å². The normalized spacial score (nSPS) is 12.4. The predicted molar refractivity (Wildman–Crippen MR) is 233 cm³/mol. The fourth-order valence-electron chi connectivity index (χ4n) is 5.26. The van der Waals surface area contributed by atoms with E-state index in [9.17, 15) is 4.79 Å². The van der Waals surface area contributed by atoms with Crippen molar-refractivity contribution in [1.82, 2.24) is 30.3 Å². The Bertz CT molecular complexity index is 1200. The van der Waals surface area contributed by atoms with Gasteiger partial charge in [-0.15, -0.1) is 0 Å². The molecule has 16 heteroatoms. The lowest BCUT2D eigenvalue weighted by Gasteiger charge is -2.35. The van der Waals surface area contributed by atoms with Gasteiger partial charge in [-0.1, -0.05) is 25.7 Å². The van der Waals surface area contributed by atoms with Gasteiger partial charge in [-0.3, -0.25) is 9.78 Å². The first kappa shape index (κ1) is 52.9. The number of hydrogen-bond acceptors (Lipinski definition) is 9. The first-order valence-corrected chi connectivity index (χ1v) is 22.5. The molecule has 1 aromatic rings. The number of carbonyl (C=O) groups excluding carboxylic acids is 1. The largest absolute Gasteiger partial charge is 0.366 e. The van der Waals surface area contributed by atoms with Gasteiger partial charge in [0.05, 0.1) is 18.8 Å². The van der Waals surface area contributed by atoms with E-state index in [2.05, 4.69) is 95.4 Å². The molecule has 1 heterocycles. The quantitative estimate of drug-likeness (QED) is 0.0311. The molecule has 0 bridgehead atoms. The number of carbonyl (C=O) groups is 1. The molecule has 2 unspecified atom stereocenters. The molecular weight excluding hydrogens is 754 g/mol. The molecule has 0 saturated heterocycles. The predicted octanol–water partition coefficient (Wildman–Crippen LogP) is 8.92. The van der Waals surface area contributed by atoms with Gasteiger partial charge >= 0.3 is 0 Å². The summed E-state index contributed by atoms with van der Waals surface area (Å²) in [4.78, 5) is 22.9. The smallest absolute Gasteiger partial charge is 0.259 e. The second kappa shape index (κ2) is 34.0. The van der Waals surface area contributed by atoms with Crippen molar-refractivity contribution < 1.29 is 22.9 Å². The molecule has 314 valence electrons. The van der Waals surface area contributed by atoms with E-state index >= 15 is 0 Å². The van der Waals surface area contributed by atoms with Crippen molar-refractivity contribution in [2.75, 3.05) is 59.7 Å². The number of rotatable bonds is 29. The number of amides is 1. The lowest BCUT2D eigenvalue weighted by molar-refractivity contribution is 0.0952. The van der Waals surface area contributed by atoms with Crippen molar-refractivity contribution in [3.63, 3.8) is 0 Å². The van der Waals surface area contributed by atoms with E-state index in [-0.39, 0.29) is 5.91 Å². The van der Waals surface area contributed by atoms with Crippen LogP contribution in [-0.4, -0.2) is 109 Å². The number of aromatic nitrogens is 1. The van der Waals surface area contributed by atoms with Crippen molar-refractivity contribution >= 4 is 40.3 Å². The van der Waals surface area contributed by atoms with Gasteiger partial charge in [0.2, 0.25) is 13.1 Å². The Morgan fingerprint density at radius 1 is 0.709 bits per heavy atom. The van der Waals surface area contributed by atoms with Gasteiger partial charge in [-0.25, -0.2) is 22.5 Å². The molecule has 0 spiro atoms. The molecule has 0 aliphatic heterocycles. The zero-order valence-corrected chi connectivity index (χ0v) is 38.0. The molecule has 0 fully saturated rings. The van der Waals surface area contributed by atoms with Crippen molar-refractivity contribution in [1.29, 1.82) is 0 Å². The molecule has 0 aliphatic rings. The van der Waals surface area contributed by atoms with Crippen LogP contribution in [-0.2, 0) is 18.1 Å². The van der Waals surface area contributed by atoms with Crippen LogP contribution in [0.25, 0.3) is 9.69 Å². The molecule has 2 atom stereocenters. The van der Waals surface area contributed by atoms with E-state index < -0.39 is 17.1 Å². The van der Waals surface area contributed by atoms with Crippen molar-refractivity contribution in [3.8, 4) is 0 Å². The number of aryl methyl sites for hydroxylation is 1. The van der Waals surface area contributed by atoms with Gasteiger partial charge in [-0.2, -0.15) is 0 Å². The minimum Gasteiger partial charge on any atom is -0.366 e. The molecule has 0 radical (unpaired) electrons. The van der Waals surface area contributed by atoms with Gasteiger partial charge in [-0.05, 0) is 112 Å². The highest BCUT2D eigenvalue weighted by Crippen LogP contribution is 2.46. The standard InChI is InChI=1S/C22H37N4O3P.C17H35N4O2PS/c1-18(2)26(19(3)4)30(29-16-14-23-6)28-15-10-8-7-9-13-24-22(27)21-12-11-20(5)25-17-21;1-15(2)21(16(3)4)24(23-14-12-18-5)22-13-10-8-7-9-11-20-17(25)19-6/h11-12,17-19H,7-10,13-16H2,1-5H3,(H,24,27);15-16H,7-14H2,1-4,6H3,(H2,19,20,25). The average Bonchev–Trinajstić information content (AvgIpc) is 3.13. The van der Waals surface area contributed by atoms with E-state index in [0.717, 1.165) is 63.6 Å². The van der Waals surface area contributed by atoms with E-state index in [1.54, 1.807) is 12.3 Å². The van der Waals surface area contributed by atoms with Crippen LogP contribution in [0.2, 0.25) is 0 Å². The lowest BCUT2D eigenvalue weighted by atomic mass is 10.2. The van der Waals surface area contributed by atoms with Crippen LogP contribution >= 0.6 is 29.3 Å². The average molecular weight is 827 g/mol. The third-order valence-corrected chi connectivity index (χ3v) is 12.4. The number of nitrogens with one attached hydrogen (secondary N) is 3. The zero-order chi connectivity index (χ0) is 41.4. The van der Waals surface area contributed by atoms with E-state index in [4.69, 9.17) is 43.5 Å². The maximum Gasteiger partial charge on any atom is 0.259 e. The summed E-state index contributed by atoms with van der Waals surface area (Å²) in [6, 6.07) is 4.97. The first-order chi connectivity index (χ1) is 26.3.